The van der Waals surface area contributed by atoms with Crippen LogP contribution in [-0.4, -0.2) is 43.4 Å². The summed E-state index contributed by atoms with van der Waals surface area (Å²) < 4.78 is 5.14. The molecule has 1 aliphatic rings. The number of benzene rings is 1. The van der Waals surface area contributed by atoms with E-state index in [-0.39, 0.29) is 24.0 Å². The van der Waals surface area contributed by atoms with E-state index in [1.807, 2.05) is 6.92 Å². The van der Waals surface area contributed by atoms with E-state index in [0.717, 1.165) is 0 Å². The van der Waals surface area contributed by atoms with Crippen LogP contribution in [0.15, 0.2) is 24.3 Å². The van der Waals surface area contributed by atoms with Crippen molar-refractivity contribution >= 4 is 23.2 Å². The van der Waals surface area contributed by atoms with Crippen LogP contribution < -0.4 is 10.6 Å². The third-order valence-electron chi connectivity index (χ3n) is 3.58. The van der Waals surface area contributed by atoms with Gasteiger partial charge in [0.1, 0.15) is 0 Å². The molecule has 2 rings (SSSR count). The summed E-state index contributed by atoms with van der Waals surface area (Å²) in [4.78, 5) is 11.9. The van der Waals surface area contributed by atoms with E-state index in [1.54, 1.807) is 24.3 Å². The Hall–Kier alpha value is -1.14. The molecule has 1 aliphatic heterocycles. The fourth-order valence-corrected chi connectivity index (χ4v) is 2.35. The van der Waals surface area contributed by atoms with Crippen LogP contribution in [0.3, 0.4) is 0 Å². The van der Waals surface area contributed by atoms with Crippen molar-refractivity contribution in [1.29, 1.82) is 0 Å². The summed E-state index contributed by atoms with van der Waals surface area (Å²) in [5.74, 6) is -0.0693. The van der Waals surface area contributed by atoms with E-state index >= 15 is 0 Å². The maximum Gasteiger partial charge on any atom is 0.225 e. The molecule has 5 nitrogen and oxygen atoms in total. The largest absolute Gasteiger partial charge is 0.396 e. The Kier molecular flexibility index (Phi) is 5.58. The highest BCUT2D eigenvalue weighted by Crippen LogP contribution is 2.25. The number of hydrogen-bond donors (Lipinski definition) is 3. The summed E-state index contributed by atoms with van der Waals surface area (Å²) in [7, 11) is 0. The normalized spacial score (nSPS) is 17.9. The van der Waals surface area contributed by atoms with E-state index in [9.17, 15) is 9.90 Å². The van der Waals surface area contributed by atoms with Crippen molar-refractivity contribution in [3.8, 4) is 0 Å². The minimum absolute atomic E-state index is 0.0215. The molecule has 0 spiro atoms. The van der Waals surface area contributed by atoms with E-state index < -0.39 is 0 Å². The van der Waals surface area contributed by atoms with Crippen LogP contribution in [0.2, 0.25) is 5.02 Å². The van der Waals surface area contributed by atoms with Crippen molar-refractivity contribution in [1.82, 2.24) is 5.32 Å². The van der Waals surface area contributed by atoms with Crippen LogP contribution in [0.5, 0.6) is 0 Å². The first-order valence-corrected chi connectivity index (χ1v) is 7.38. The van der Waals surface area contributed by atoms with Crippen LogP contribution in [0.1, 0.15) is 13.3 Å². The molecule has 0 aromatic heterocycles. The molecule has 3 N–H and O–H groups in total. The molecule has 1 aromatic carbocycles. The Labute approximate surface area is 129 Å². The van der Waals surface area contributed by atoms with E-state index in [0.29, 0.717) is 36.9 Å². The highest BCUT2D eigenvalue weighted by Gasteiger charge is 2.37. The number of rotatable bonds is 7. The minimum Gasteiger partial charge on any atom is -0.396 e. The van der Waals surface area contributed by atoms with Crippen molar-refractivity contribution in [2.24, 2.45) is 5.41 Å². The fraction of sp³-hybridized carbons (Fsp3) is 0.533. The van der Waals surface area contributed by atoms with Crippen molar-refractivity contribution in [2.75, 3.05) is 31.7 Å². The van der Waals surface area contributed by atoms with Crippen LogP contribution in [0.25, 0.3) is 0 Å². The first kappa shape index (κ1) is 16.2. The third-order valence-corrected chi connectivity index (χ3v) is 3.81. The Morgan fingerprint density at radius 2 is 2.29 bits per heavy atom. The zero-order valence-electron chi connectivity index (χ0n) is 12.1. The summed E-state index contributed by atoms with van der Waals surface area (Å²) >= 11 is 5.87. The van der Waals surface area contributed by atoms with Gasteiger partial charge in [0.2, 0.25) is 5.91 Å². The number of nitrogens with one attached hydrogen (secondary N) is 2. The zero-order chi connectivity index (χ0) is 15.3. The predicted octanol–water partition coefficient (Wildman–Crippen LogP) is 1.66. The molecule has 1 saturated heterocycles. The van der Waals surface area contributed by atoms with Gasteiger partial charge < -0.3 is 20.5 Å². The molecule has 1 atom stereocenters. The van der Waals surface area contributed by atoms with Gasteiger partial charge in [-0.15, -0.1) is 0 Å². The standard InChI is InChI=1S/C15H21ClN2O3/c1-11(17-7-15(8-19)9-21-10-15)5-14(20)18-13-4-2-3-12(16)6-13/h2-4,6,11,17,19H,5,7-10H2,1H3,(H,18,20). The lowest BCUT2D eigenvalue weighted by atomic mass is 9.87. The fourth-order valence-electron chi connectivity index (χ4n) is 2.16. The van der Waals surface area contributed by atoms with Gasteiger partial charge in [-0.25, -0.2) is 0 Å². The molecular formula is C15H21ClN2O3. The number of halogens is 1. The lowest BCUT2D eigenvalue weighted by molar-refractivity contribution is -0.135. The number of carbonyl (C=O) groups is 1. The van der Waals surface area contributed by atoms with Crippen LogP contribution >= 0.6 is 11.6 Å². The number of hydrogen-bond acceptors (Lipinski definition) is 4. The molecule has 116 valence electrons. The van der Waals surface area contributed by atoms with E-state index in [2.05, 4.69) is 10.6 Å². The van der Waals surface area contributed by atoms with E-state index in [1.165, 1.54) is 0 Å². The maximum absolute atomic E-state index is 11.9. The first-order valence-electron chi connectivity index (χ1n) is 7.00. The lowest BCUT2D eigenvalue weighted by Gasteiger charge is -2.40. The Morgan fingerprint density at radius 3 is 2.86 bits per heavy atom. The maximum atomic E-state index is 11.9. The molecule has 0 aliphatic carbocycles. The SMILES string of the molecule is CC(CC(=O)Nc1cccc(Cl)c1)NCC1(CO)COC1. The first-order chi connectivity index (χ1) is 10.0. The van der Waals surface area contributed by atoms with Gasteiger partial charge in [0.05, 0.1) is 25.2 Å². The molecule has 1 unspecified atom stereocenters. The van der Waals surface area contributed by atoms with Gasteiger partial charge in [0.15, 0.2) is 0 Å². The van der Waals surface area contributed by atoms with Crippen LogP contribution in [-0.2, 0) is 9.53 Å². The van der Waals surface area contributed by atoms with Crippen molar-refractivity contribution in [3.63, 3.8) is 0 Å². The number of carbonyl (C=O) groups excluding carboxylic acids is 1. The summed E-state index contributed by atoms with van der Waals surface area (Å²) in [5, 5.41) is 16.0. The monoisotopic (exact) mass is 312 g/mol. The summed E-state index contributed by atoms with van der Waals surface area (Å²) in [6.45, 7) is 3.83. The second kappa shape index (κ2) is 7.22. The molecule has 1 aromatic rings. The van der Waals surface area contributed by atoms with Gasteiger partial charge in [-0.1, -0.05) is 17.7 Å². The van der Waals surface area contributed by atoms with Gasteiger partial charge in [-0.05, 0) is 25.1 Å². The molecule has 0 radical (unpaired) electrons. The van der Waals surface area contributed by atoms with Gasteiger partial charge in [0, 0.05) is 29.7 Å². The van der Waals surface area contributed by atoms with Gasteiger partial charge in [-0.2, -0.15) is 0 Å². The zero-order valence-corrected chi connectivity index (χ0v) is 12.8. The predicted molar refractivity (Wildman–Crippen MR) is 82.5 cm³/mol. The van der Waals surface area contributed by atoms with Crippen molar-refractivity contribution in [3.05, 3.63) is 29.3 Å². The minimum atomic E-state index is -0.183. The lowest BCUT2D eigenvalue weighted by Crippen LogP contribution is -2.53. The van der Waals surface area contributed by atoms with Gasteiger partial charge in [-0.3, -0.25) is 4.79 Å². The molecule has 1 heterocycles. The summed E-state index contributed by atoms with van der Waals surface area (Å²) in [6, 6.07) is 7.09. The Morgan fingerprint density at radius 1 is 1.52 bits per heavy atom. The number of aliphatic hydroxyl groups excluding tert-OH is 1. The average Bonchev–Trinajstić information content (AvgIpc) is 2.37. The topological polar surface area (TPSA) is 70.6 Å². The second-order valence-electron chi connectivity index (χ2n) is 5.70. The Bertz CT molecular complexity index is 486. The third kappa shape index (κ3) is 4.68. The number of amides is 1. The molecule has 21 heavy (non-hydrogen) atoms. The molecule has 1 amide bonds. The van der Waals surface area contributed by atoms with Crippen LogP contribution in [0.4, 0.5) is 5.69 Å². The van der Waals surface area contributed by atoms with E-state index in [4.69, 9.17) is 16.3 Å². The molecule has 1 fully saturated rings. The molecule has 6 heteroatoms. The number of anilines is 1. The highest BCUT2D eigenvalue weighted by molar-refractivity contribution is 6.30. The highest BCUT2D eigenvalue weighted by atomic mass is 35.5. The second-order valence-corrected chi connectivity index (χ2v) is 6.13. The van der Waals surface area contributed by atoms with Crippen LogP contribution in [0, 0.1) is 5.41 Å². The van der Waals surface area contributed by atoms with Crippen molar-refractivity contribution < 1.29 is 14.6 Å². The average molecular weight is 313 g/mol. The quantitative estimate of drug-likeness (QED) is 0.716. The molecule has 0 saturated carbocycles. The molecular weight excluding hydrogens is 292 g/mol. The van der Waals surface area contributed by atoms with Crippen molar-refractivity contribution in [2.45, 2.75) is 19.4 Å². The summed E-state index contributed by atoms with van der Waals surface area (Å²) in [6.07, 6.45) is 0.356. The smallest absolute Gasteiger partial charge is 0.225 e. The Balaban J connectivity index is 1.74. The number of aliphatic hydroxyl groups is 1. The van der Waals surface area contributed by atoms with Gasteiger partial charge in [0.25, 0.3) is 0 Å². The van der Waals surface area contributed by atoms with Gasteiger partial charge >= 0.3 is 0 Å². The number of ether oxygens (including phenoxy) is 1. The molecule has 0 bridgehead atoms. The summed E-state index contributed by atoms with van der Waals surface area (Å²) in [5.41, 5.74) is 0.511.